The predicted molar refractivity (Wildman–Crippen MR) is 92.5 cm³/mol. The molecule has 0 radical (unpaired) electrons. The van der Waals surface area contributed by atoms with Crippen molar-refractivity contribution in [1.29, 1.82) is 0 Å². The van der Waals surface area contributed by atoms with Crippen LogP contribution in [0.15, 0.2) is 38.2 Å². The first kappa shape index (κ1) is 18.9. The van der Waals surface area contributed by atoms with Gasteiger partial charge in [-0.05, 0) is 41.9 Å². The molecule has 7 nitrogen and oxygen atoms in total. The van der Waals surface area contributed by atoms with Gasteiger partial charge in [0.25, 0.3) is 10.0 Å². The molecule has 2 aromatic rings. The highest BCUT2D eigenvalue weighted by Crippen LogP contribution is 2.30. The van der Waals surface area contributed by atoms with Crippen LogP contribution >= 0.6 is 15.9 Å². The van der Waals surface area contributed by atoms with Gasteiger partial charge in [-0.2, -0.15) is 0 Å². The van der Waals surface area contributed by atoms with Gasteiger partial charge in [-0.3, -0.25) is 0 Å². The minimum atomic E-state index is -3.88. The summed E-state index contributed by atoms with van der Waals surface area (Å²) in [6, 6.07) is 6.58. The molecule has 24 heavy (non-hydrogen) atoms. The number of rotatable bonds is 8. The van der Waals surface area contributed by atoms with Crippen LogP contribution in [0.2, 0.25) is 0 Å². The van der Waals surface area contributed by atoms with Gasteiger partial charge >= 0.3 is 0 Å². The highest BCUT2D eigenvalue weighted by molar-refractivity contribution is 9.10. The number of aromatic nitrogens is 1. The Kier molecular flexibility index (Phi) is 6.39. The van der Waals surface area contributed by atoms with E-state index in [1.54, 1.807) is 39.2 Å². The number of anilines is 1. The monoisotopic (exact) mass is 418 g/mol. The Morgan fingerprint density at radius 2 is 1.96 bits per heavy atom. The molecule has 0 aliphatic carbocycles. The Bertz CT molecular complexity index is 791. The molecule has 1 aromatic carbocycles. The summed E-state index contributed by atoms with van der Waals surface area (Å²) in [5.41, 5.74) is 0.640. The van der Waals surface area contributed by atoms with Crippen molar-refractivity contribution >= 4 is 31.8 Å². The highest BCUT2D eigenvalue weighted by atomic mass is 79.9. The number of ether oxygens (including phenoxy) is 2. The summed E-state index contributed by atoms with van der Waals surface area (Å²) in [5.74, 6) is 0.759. The van der Waals surface area contributed by atoms with Gasteiger partial charge in [0.15, 0.2) is 5.82 Å². The van der Waals surface area contributed by atoms with Crippen molar-refractivity contribution in [1.82, 2.24) is 5.16 Å². The number of methoxy groups -OCH3 is 1. The predicted octanol–water partition coefficient (Wildman–Crippen LogP) is 2.87. The topological polar surface area (TPSA) is 81.9 Å². The maximum Gasteiger partial charge on any atom is 0.268 e. The van der Waals surface area contributed by atoms with E-state index in [1.807, 2.05) is 0 Å². The van der Waals surface area contributed by atoms with Gasteiger partial charge < -0.3 is 14.0 Å². The Labute approximate surface area is 149 Å². The molecule has 0 N–H and O–H groups in total. The Morgan fingerprint density at radius 3 is 2.54 bits per heavy atom. The lowest BCUT2D eigenvalue weighted by molar-refractivity contribution is 0.0753. The van der Waals surface area contributed by atoms with Crippen molar-refractivity contribution in [2.45, 2.75) is 18.7 Å². The van der Waals surface area contributed by atoms with Crippen LogP contribution in [0.5, 0.6) is 0 Å². The average molecular weight is 419 g/mol. The van der Waals surface area contributed by atoms with E-state index in [0.29, 0.717) is 22.4 Å². The van der Waals surface area contributed by atoms with Crippen LogP contribution in [0.3, 0.4) is 0 Å². The summed E-state index contributed by atoms with van der Waals surface area (Å²) >= 11 is 3.28. The maximum absolute atomic E-state index is 13.1. The smallest absolute Gasteiger partial charge is 0.268 e. The molecule has 0 saturated carbocycles. The molecule has 0 bridgehead atoms. The molecule has 0 aliphatic rings. The van der Waals surface area contributed by atoms with Crippen molar-refractivity contribution in [2.75, 3.05) is 31.4 Å². The molecule has 0 fully saturated rings. The Hall–Kier alpha value is -1.42. The number of aryl methyl sites for hydroxylation is 1. The molecule has 9 heteroatoms. The summed E-state index contributed by atoms with van der Waals surface area (Å²) in [4.78, 5) is 0.125. The lowest BCUT2D eigenvalue weighted by atomic mass is 10.3. The van der Waals surface area contributed by atoms with Crippen molar-refractivity contribution in [2.24, 2.45) is 0 Å². The van der Waals surface area contributed by atoms with Crippen LogP contribution < -0.4 is 4.31 Å². The van der Waals surface area contributed by atoms with Crippen molar-refractivity contribution in [3.8, 4) is 0 Å². The molecular formula is C15H19BrN2O5S. The first-order valence-electron chi connectivity index (χ1n) is 7.16. The van der Waals surface area contributed by atoms with Gasteiger partial charge in [0, 0.05) is 17.1 Å². The molecule has 1 aromatic heterocycles. The Morgan fingerprint density at radius 1 is 1.25 bits per heavy atom. The van der Waals surface area contributed by atoms with Crippen LogP contribution in [0.25, 0.3) is 0 Å². The number of sulfonamides is 1. The minimum absolute atomic E-state index is 0.125. The number of halogens is 1. The average Bonchev–Trinajstić information content (AvgIpc) is 2.87. The highest BCUT2D eigenvalue weighted by Gasteiger charge is 2.31. The molecule has 2 rings (SSSR count). The number of nitrogens with zero attached hydrogens (tertiary/aromatic N) is 2. The van der Waals surface area contributed by atoms with Crippen LogP contribution in [-0.4, -0.2) is 40.6 Å². The first-order chi connectivity index (χ1) is 11.4. The molecule has 0 unspecified atom stereocenters. The van der Waals surface area contributed by atoms with E-state index < -0.39 is 10.0 Å². The molecule has 0 atom stereocenters. The summed E-state index contributed by atoms with van der Waals surface area (Å²) in [6.45, 7) is 3.90. The second kappa shape index (κ2) is 8.11. The van der Waals surface area contributed by atoms with Gasteiger partial charge in [0.1, 0.15) is 17.4 Å². The fraction of sp³-hybridized carbons (Fsp3) is 0.400. The minimum Gasteiger partial charge on any atom is -0.382 e. The third kappa shape index (κ3) is 3.97. The van der Waals surface area contributed by atoms with Gasteiger partial charge in [-0.25, -0.2) is 12.7 Å². The van der Waals surface area contributed by atoms with E-state index in [0.717, 1.165) is 4.31 Å². The van der Waals surface area contributed by atoms with E-state index in [4.69, 9.17) is 14.0 Å². The van der Waals surface area contributed by atoms with Crippen LogP contribution in [0.4, 0.5) is 5.82 Å². The summed E-state index contributed by atoms with van der Waals surface area (Å²) < 4.78 is 43.2. The zero-order valence-electron chi connectivity index (χ0n) is 13.7. The lowest BCUT2D eigenvalue weighted by Gasteiger charge is -2.22. The fourth-order valence-corrected chi connectivity index (χ4v) is 4.26. The molecule has 0 aliphatic heterocycles. The van der Waals surface area contributed by atoms with Gasteiger partial charge in [-0.1, -0.05) is 17.3 Å². The second-order valence-corrected chi connectivity index (χ2v) is 7.69. The number of hydrogen-bond donors (Lipinski definition) is 0. The number of benzene rings is 1. The van der Waals surface area contributed by atoms with Crippen molar-refractivity contribution in [3.63, 3.8) is 0 Å². The molecule has 132 valence electrons. The normalized spacial score (nSPS) is 11.7. The molecule has 0 amide bonds. The quantitative estimate of drug-likeness (QED) is 0.484. The van der Waals surface area contributed by atoms with Crippen molar-refractivity contribution in [3.05, 3.63) is 40.1 Å². The van der Waals surface area contributed by atoms with Gasteiger partial charge in [0.2, 0.25) is 0 Å². The third-order valence-electron chi connectivity index (χ3n) is 3.41. The largest absolute Gasteiger partial charge is 0.382 e. The van der Waals surface area contributed by atoms with E-state index in [9.17, 15) is 8.42 Å². The molecule has 1 heterocycles. The summed E-state index contributed by atoms with van der Waals surface area (Å²) in [7, 11) is -2.34. The van der Waals surface area contributed by atoms with Gasteiger partial charge in [0.05, 0.1) is 13.2 Å². The summed E-state index contributed by atoms with van der Waals surface area (Å²) in [5, 5.41) is 3.88. The standard InChI is InChI=1S/C15H19BrN2O5S/c1-11-12(2)23-17-15(11)18(10-22-9-8-21-3)24(19,20)14-7-5-4-6-13(14)16/h4-7H,8-10H2,1-3H3. The van der Waals surface area contributed by atoms with E-state index in [-0.39, 0.29) is 24.1 Å². The zero-order valence-corrected chi connectivity index (χ0v) is 16.1. The van der Waals surface area contributed by atoms with E-state index >= 15 is 0 Å². The lowest BCUT2D eigenvalue weighted by Crippen LogP contribution is -2.34. The van der Waals surface area contributed by atoms with Crippen LogP contribution in [0, 0.1) is 13.8 Å². The number of hydrogen-bond acceptors (Lipinski definition) is 6. The molecule has 0 saturated heterocycles. The van der Waals surface area contributed by atoms with Crippen LogP contribution in [0.1, 0.15) is 11.3 Å². The SMILES string of the molecule is COCCOCN(c1noc(C)c1C)S(=O)(=O)c1ccccc1Br. The second-order valence-electron chi connectivity index (χ2n) is 5.00. The Balaban J connectivity index is 2.41. The fourth-order valence-electron chi connectivity index (χ4n) is 1.95. The van der Waals surface area contributed by atoms with E-state index in [2.05, 4.69) is 21.1 Å². The molecule has 0 spiro atoms. The maximum atomic E-state index is 13.1. The van der Waals surface area contributed by atoms with E-state index in [1.165, 1.54) is 6.07 Å². The first-order valence-corrected chi connectivity index (χ1v) is 9.39. The molecular weight excluding hydrogens is 400 g/mol. The van der Waals surface area contributed by atoms with Gasteiger partial charge in [-0.15, -0.1) is 0 Å². The third-order valence-corrected chi connectivity index (χ3v) is 6.14. The zero-order chi connectivity index (χ0) is 17.7. The summed E-state index contributed by atoms with van der Waals surface area (Å²) in [6.07, 6.45) is 0. The van der Waals surface area contributed by atoms with Crippen LogP contribution in [-0.2, 0) is 19.5 Å². The van der Waals surface area contributed by atoms with Crippen molar-refractivity contribution < 1.29 is 22.4 Å².